The van der Waals surface area contributed by atoms with E-state index < -0.39 is 6.04 Å². The van der Waals surface area contributed by atoms with E-state index in [1.54, 1.807) is 18.4 Å². The summed E-state index contributed by atoms with van der Waals surface area (Å²) in [5.74, 6) is -0.359. The first-order chi connectivity index (χ1) is 12.0. The van der Waals surface area contributed by atoms with Crippen molar-refractivity contribution in [2.45, 2.75) is 12.5 Å². The molecule has 0 bridgehead atoms. The molecule has 0 spiro atoms. The molecule has 2 heterocycles. The number of nitrogens with two attached hydrogens (primary N) is 1. The molecule has 2 N–H and O–H groups in total. The first-order valence-corrected chi connectivity index (χ1v) is 8.64. The van der Waals surface area contributed by atoms with Crippen LogP contribution in [0.4, 0.5) is 0 Å². The van der Waals surface area contributed by atoms with Crippen molar-refractivity contribution in [3.05, 3.63) is 58.6 Å². The smallest absolute Gasteiger partial charge is 0.408 e. The lowest BCUT2D eigenvalue weighted by Crippen LogP contribution is -2.19. The Labute approximate surface area is 147 Å². The highest BCUT2D eigenvalue weighted by Crippen LogP contribution is 2.35. The van der Waals surface area contributed by atoms with Crippen molar-refractivity contribution in [2.75, 3.05) is 0 Å². The van der Waals surface area contributed by atoms with Crippen molar-refractivity contribution < 1.29 is 4.42 Å². The maximum Gasteiger partial charge on any atom is 0.419 e. The molecule has 1 unspecified atom stereocenters. The molecule has 0 saturated heterocycles. The fourth-order valence-corrected chi connectivity index (χ4v) is 4.05. The van der Waals surface area contributed by atoms with Gasteiger partial charge in [-0.3, -0.25) is 4.57 Å². The van der Waals surface area contributed by atoms with E-state index in [-0.39, 0.29) is 5.76 Å². The van der Waals surface area contributed by atoms with E-state index in [9.17, 15) is 4.79 Å². The molecular formula is C19H15N3O2S. The number of nitriles is 1. The summed E-state index contributed by atoms with van der Waals surface area (Å²) in [6, 6.07) is 15.6. The number of rotatable bonds is 3. The minimum Gasteiger partial charge on any atom is -0.408 e. The summed E-state index contributed by atoms with van der Waals surface area (Å²) in [4.78, 5) is 12.8. The highest BCUT2D eigenvalue weighted by Gasteiger charge is 2.11. The number of benzene rings is 2. The normalized spacial score (nSPS) is 12.5. The zero-order chi connectivity index (χ0) is 17.6. The Balaban J connectivity index is 1.77. The van der Waals surface area contributed by atoms with Gasteiger partial charge in [0.2, 0.25) is 0 Å². The van der Waals surface area contributed by atoms with Gasteiger partial charge < -0.3 is 10.2 Å². The molecule has 0 aliphatic carbocycles. The first kappa shape index (κ1) is 15.6. The Morgan fingerprint density at radius 3 is 2.92 bits per heavy atom. The van der Waals surface area contributed by atoms with Crippen LogP contribution in [0.1, 0.15) is 5.56 Å². The molecule has 1 atom stereocenters. The quantitative estimate of drug-likeness (QED) is 0.614. The summed E-state index contributed by atoms with van der Waals surface area (Å²) in [7, 11) is 1.70. The molecule has 124 valence electrons. The minimum atomic E-state index is -0.485. The van der Waals surface area contributed by atoms with Crippen LogP contribution in [-0.4, -0.2) is 10.6 Å². The third kappa shape index (κ3) is 2.74. The van der Waals surface area contributed by atoms with E-state index in [0.717, 1.165) is 31.6 Å². The molecule has 0 aliphatic rings. The number of hydrogen-bond acceptors (Lipinski definition) is 5. The van der Waals surface area contributed by atoms with Crippen LogP contribution >= 0.6 is 11.3 Å². The number of hydrogen-bond donors (Lipinski definition) is 1. The van der Waals surface area contributed by atoms with Gasteiger partial charge in [0.15, 0.2) is 5.58 Å². The maximum absolute atomic E-state index is 11.6. The second kappa shape index (κ2) is 5.88. The fourth-order valence-electron chi connectivity index (χ4n) is 2.92. The van der Waals surface area contributed by atoms with Crippen LogP contribution in [0.5, 0.6) is 0 Å². The van der Waals surface area contributed by atoms with Crippen LogP contribution < -0.4 is 11.5 Å². The molecule has 6 heteroatoms. The summed E-state index contributed by atoms with van der Waals surface area (Å²) in [6.45, 7) is 0. The number of aromatic nitrogens is 1. The van der Waals surface area contributed by atoms with Crippen LogP contribution in [-0.2, 0) is 13.5 Å². The zero-order valence-corrected chi connectivity index (χ0v) is 14.3. The minimum absolute atomic E-state index is 0.359. The van der Waals surface area contributed by atoms with Crippen molar-refractivity contribution in [3.63, 3.8) is 0 Å². The predicted molar refractivity (Wildman–Crippen MR) is 99.6 cm³/mol. The molecule has 0 fully saturated rings. The second-order valence-electron chi connectivity index (χ2n) is 6.03. The Morgan fingerprint density at radius 1 is 1.28 bits per heavy atom. The second-order valence-corrected chi connectivity index (χ2v) is 7.12. The maximum atomic E-state index is 11.6. The highest BCUT2D eigenvalue weighted by atomic mass is 32.1. The summed E-state index contributed by atoms with van der Waals surface area (Å²) < 4.78 is 7.84. The lowest BCUT2D eigenvalue weighted by Gasteiger charge is -2.02. The molecule has 5 nitrogen and oxygen atoms in total. The number of aryl methyl sites for hydroxylation is 1. The van der Waals surface area contributed by atoms with Gasteiger partial charge in [-0.05, 0) is 46.8 Å². The lowest BCUT2D eigenvalue weighted by molar-refractivity contribution is 0.528. The Morgan fingerprint density at radius 2 is 2.12 bits per heavy atom. The zero-order valence-electron chi connectivity index (χ0n) is 13.5. The third-order valence-corrected chi connectivity index (χ3v) is 5.43. The van der Waals surface area contributed by atoms with Crippen molar-refractivity contribution in [3.8, 4) is 16.5 Å². The molecule has 25 heavy (non-hydrogen) atoms. The van der Waals surface area contributed by atoms with Gasteiger partial charge in [0.1, 0.15) is 0 Å². The van der Waals surface area contributed by atoms with Crippen LogP contribution in [0.2, 0.25) is 0 Å². The van der Waals surface area contributed by atoms with E-state index >= 15 is 0 Å². The van der Waals surface area contributed by atoms with Gasteiger partial charge in [0, 0.05) is 23.0 Å². The van der Waals surface area contributed by atoms with E-state index in [2.05, 4.69) is 24.3 Å². The van der Waals surface area contributed by atoms with Gasteiger partial charge in [0.05, 0.1) is 17.6 Å². The third-order valence-electron chi connectivity index (χ3n) is 4.28. The van der Waals surface area contributed by atoms with Crippen molar-refractivity contribution in [1.29, 1.82) is 5.26 Å². The molecule has 4 rings (SSSR count). The van der Waals surface area contributed by atoms with Crippen molar-refractivity contribution >= 4 is 32.5 Å². The number of nitrogens with zero attached hydrogens (tertiary/aromatic N) is 2. The van der Waals surface area contributed by atoms with E-state index in [4.69, 9.17) is 15.4 Å². The molecule has 0 amide bonds. The van der Waals surface area contributed by atoms with Crippen LogP contribution in [0.15, 0.2) is 51.7 Å². The van der Waals surface area contributed by atoms with Gasteiger partial charge in [0.25, 0.3) is 0 Å². The average molecular weight is 349 g/mol. The SMILES string of the molecule is Cn1c(=O)oc2ccc(-c3cc4ccc(CC(N)C#N)cc4s3)cc21. The molecule has 2 aromatic carbocycles. The number of oxazole rings is 1. The molecule has 0 radical (unpaired) electrons. The Kier molecular flexibility index (Phi) is 3.68. The molecule has 4 aromatic rings. The van der Waals surface area contributed by atoms with E-state index in [1.807, 2.05) is 24.3 Å². The summed E-state index contributed by atoms with van der Waals surface area (Å²) in [5, 5.41) is 10.0. The lowest BCUT2D eigenvalue weighted by atomic mass is 10.1. The van der Waals surface area contributed by atoms with Crippen LogP contribution in [0, 0.1) is 11.3 Å². The number of fused-ring (bicyclic) bond motifs is 2. The van der Waals surface area contributed by atoms with E-state index in [1.165, 1.54) is 4.57 Å². The standard InChI is InChI=1S/C19H15N3O2S/c1-22-15-8-12(4-5-16(15)24-19(22)23)18-9-13-3-2-11(6-14(21)10-20)7-17(13)25-18/h2-5,7-9,14H,6,21H2,1H3. The van der Waals surface area contributed by atoms with Gasteiger partial charge in [-0.25, -0.2) is 4.79 Å². The van der Waals surface area contributed by atoms with Gasteiger partial charge >= 0.3 is 5.76 Å². The summed E-state index contributed by atoms with van der Waals surface area (Å²) in [6.07, 6.45) is 0.544. The Bertz CT molecular complexity index is 1190. The predicted octanol–water partition coefficient (Wildman–Crippen LogP) is 3.41. The average Bonchev–Trinajstić information content (AvgIpc) is 3.15. The molecule has 0 aliphatic heterocycles. The van der Waals surface area contributed by atoms with Crippen molar-refractivity contribution in [1.82, 2.24) is 4.57 Å². The molecule has 0 saturated carbocycles. The monoisotopic (exact) mass is 349 g/mol. The highest BCUT2D eigenvalue weighted by molar-refractivity contribution is 7.22. The summed E-state index contributed by atoms with van der Waals surface area (Å²) >= 11 is 1.68. The van der Waals surface area contributed by atoms with Crippen molar-refractivity contribution in [2.24, 2.45) is 12.8 Å². The largest absolute Gasteiger partial charge is 0.419 e. The fraction of sp³-hybridized carbons (Fsp3) is 0.158. The van der Waals surface area contributed by atoms with Crippen LogP contribution in [0.25, 0.3) is 31.6 Å². The van der Waals surface area contributed by atoms with Crippen LogP contribution in [0.3, 0.4) is 0 Å². The first-order valence-electron chi connectivity index (χ1n) is 7.83. The van der Waals surface area contributed by atoms with Gasteiger partial charge in [-0.2, -0.15) is 5.26 Å². The Hall–Kier alpha value is -2.88. The molecular weight excluding hydrogens is 334 g/mol. The molecule has 2 aromatic heterocycles. The summed E-state index contributed by atoms with van der Waals surface area (Å²) in [5.41, 5.74) is 9.19. The van der Waals surface area contributed by atoms with Gasteiger partial charge in [-0.1, -0.05) is 12.1 Å². The topological polar surface area (TPSA) is 84.9 Å². The van der Waals surface area contributed by atoms with E-state index in [0.29, 0.717) is 12.0 Å². The van der Waals surface area contributed by atoms with Gasteiger partial charge in [-0.15, -0.1) is 11.3 Å². The number of thiophene rings is 1.